The van der Waals surface area contributed by atoms with Crippen LogP contribution in [0.2, 0.25) is 5.02 Å². The first kappa shape index (κ1) is 16.6. The molecule has 2 heteroatoms. The molecule has 0 heterocycles. The minimum atomic E-state index is 0.128. The van der Waals surface area contributed by atoms with Gasteiger partial charge in [0.1, 0.15) is 0 Å². The zero-order valence-electron chi connectivity index (χ0n) is 13.6. The Bertz CT molecular complexity index is 672. The molecule has 0 aliphatic rings. The van der Waals surface area contributed by atoms with Gasteiger partial charge in [-0.05, 0) is 86.1 Å². The van der Waals surface area contributed by atoms with Crippen LogP contribution < -0.4 is 0 Å². The fourth-order valence-corrected chi connectivity index (χ4v) is 4.37. The van der Waals surface area contributed by atoms with Crippen LogP contribution in [0.25, 0.3) is 0 Å². The summed E-state index contributed by atoms with van der Waals surface area (Å²) in [5.41, 5.74) is 10.5. The van der Waals surface area contributed by atoms with E-state index in [1.54, 1.807) is 0 Å². The van der Waals surface area contributed by atoms with Crippen LogP contribution in [0, 0.1) is 41.5 Å². The first-order valence-corrected chi connectivity index (χ1v) is 8.52. The van der Waals surface area contributed by atoms with Crippen molar-refractivity contribution < 1.29 is 0 Å². The Balaban J connectivity index is 2.70. The molecule has 2 aromatic rings. The zero-order chi connectivity index (χ0) is 15.9. The van der Waals surface area contributed by atoms with Crippen LogP contribution in [0.4, 0.5) is 0 Å². The Morgan fingerprint density at radius 3 is 1.81 bits per heavy atom. The molecule has 0 fully saturated rings. The molecule has 1 atom stereocenters. The summed E-state index contributed by atoms with van der Waals surface area (Å²) in [6.45, 7) is 13.1. The van der Waals surface area contributed by atoms with Gasteiger partial charge in [-0.25, -0.2) is 0 Å². The maximum Gasteiger partial charge on any atom is 0.0664 e. The first-order chi connectivity index (χ1) is 9.77. The second-order valence-corrected chi connectivity index (χ2v) is 7.17. The Morgan fingerprint density at radius 2 is 1.29 bits per heavy atom. The van der Waals surface area contributed by atoms with Gasteiger partial charge in [-0.15, -0.1) is 0 Å². The lowest BCUT2D eigenvalue weighted by Crippen LogP contribution is -2.06. The minimum absolute atomic E-state index is 0.128. The fourth-order valence-electron chi connectivity index (χ4n) is 2.93. The molecule has 0 amide bonds. The molecule has 0 aromatic heterocycles. The van der Waals surface area contributed by atoms with Crippen molar-refractivity contribution in [2.75, 3.05) is 0 Å². The van der Waals surface area contributed by atoms with Crippen molar-refractivity contribution in [3.8, 4) is 0 Å². The second-order valence-electron chi connectivity index (χ2n) is 5.88. The number of alkyl halides is 1. The van der Waals surface area contributed by atoms with Crippen molar-refractivity contribution >= 4 is 27.5 Å². The molecule has 21 heavy (non-hydrogen) atoms. The summed E-state index contributed by atoms with van der Waals surface area (Å²) >= 11 is 10.4. The summed E-state index contributed by atoms with van der Waals surface area (Å²) in [6.07, 6.45) is 0. The number of hydrogen-bond acceptors (Lipinski definition) is 0. The predicted octanol–water partition coefficient (Wildman–Crippen LogP) is 6.67. The molecule has 0 saturated carbocycles. The van der Waals surface area contributed by atoms with E-state index in [0.29, 0.717) is 0 Å². The van der Waals surface area contributed by atoms with Gasteiger partial charge in [-0.3, -0.25) is 0 Å². The highest BCUT2D eigenvalue weighted by molar-refractivity contribution is 9.09. The summed E-state index contributed by atoms with van der Waals surface area (Å²) in [4.78, 5) is 0.128. The van der Waals surface area contributed by atoms with Crippen molar-refractivity contribution in [1.29, 1.82) is 0 Å². The van der Waals surface area contributed by atoms with E-state index in [2.05, 4.69) is 75.7 Å². The first-order valence-electron chi connectivity index (χ1n) is 7.23. The Kier molecular flexibility index (Phi) is 4.85. The van der Waals surface area contributed by atoms with Crippen LogP contribution in [0.1, 0.15) is 49.3 Å². The lowest BCUT2D eigenvalue weighted by atomic mass is 9.86. The van der Waals surface area contributed by atoms with Crippen molar-refractivity contribution in [1.82, 2.24) is 0 Å². The Hall–Kier alpha value is -0.790. The van der Waals surface area contributed by atoms with Crippen LogP contribution in [0.5, 0.6) is 0 Å². The molecular weight excluding hydrogens is 344 g/mol. The molecule has 0 aliphatic heterocycles. The molecular formula is C19H22BrCl. The van der Waals surface area contributed by atoms with Crippen LogP contribution in [0.3, 0.4) is 0 Å². The predicted molar refractivity (Wildman–Crippen MR) is 97.1 cm³/mol. The molecule has 0 nitrogen and oxygen atoms in total. The standard InChI is InChI=1S/C19H22BrCl/c1-10-8-7-9-16(19(10)21)18(20)17-14(5)12(3)11(2)13(4)15(17)6/h7-9,18H,1-6H3. The minimum Gasteiger partial charge on any atom is -0.0837 e. The summed E-state index contributed by atoms with van der Waals surface area (Å²) in [7, 11) is 0. The van der Waals surface area contributed by atoms with Crippen molar-refractivity contribution in [2.45, 2.75) is 46.4 Å². The SMILES string of the molecule is Cc1cccc(C(Br)c2c(C)c(C)c(C)c(C)c2C)c1Cl. The molecule has 0 aliphatic carbocycles. The quantitative estimate of drug-likeness (QED) is 0.521. The van der Waals surface area contributed by atoms with Gasteiger partial charge in [0, 0.05) is 5.02 Å². The number of rotatable bonds is 2. The maximum atomic E-state index is 6.52. The fraction of sp³-hybridized carbons (Fsp3) is 0.368. The van der Waals surface area contributed by atoms with Crippen LogP contribution in [-0.2, 0) is 0 Å². The maximum absolute atomic E-state index is 6.52. The van der Waals surface area contributed by atoms with Crippen molar-refractivity contribution in [3.05, 3.63) is 67.7 Å². The van der Waals surface area contributed by atoms with E-state index >= 15 is 0 Å². The van der Waals surface area contributed by atoms with Gasteiger partial charge in [0.05, 0.1) is 4.83 Å². The van der Waals surface area contributed by atoms with E-state index in [9.17, 15) is 0 Å². The molecule has 0 radical (unpaired) electrons. The average Bonchev–Trinajstić information content (AvgIpc) is 2.46. The largest absolute Gasteiger partial charge is 0.0837 e. The molecule has 0 saturated heterocycles. The van der Waals surface area contributed by atoms with E-state index in [1.165, 1.54) is 33.4 Å². The molecule has 0 spiro atoms. The molecule has 0 bridgehead atoms. The second kappa shape index (κ2) is 6.14. The third kappa shape index (κ3) is 2.78. The smallest absolute Gasteiger partial charge is 0.0664 e. The van der Waals surface area contributed by atoms with Crippen LogP contribution in [-0.4, -0.2) is 0 Å². The summed E-state index contributed by atoms with van der Waals surface area (Å²) in [6, 6.07) is 6.23. The van der Waals surface area contributed by atoms with Gasteiger partial charge in [0.2, 0.25) is 0 Å². The molecule has 1 unspecified atom stereocenters. The lowest BCUT2D eigenvalue weighted by Gasteiger charge is -2.23. The topological polar surface area (TPSA) is 0 Å². The summed E-state index contributed by atoms with van der Waals surface area (Å²) in [5, 5.41) is 0.856. The highest BCUT2D eigenvalue weighted by atomic mass is 79.9. The van der Waals surface area contributed by atoms with Gasteiger partial charge >= 0.3 is 0 Å². The van der Waals surface area contributed by atoms with Gasteiger partial charge < -0.3 is 0 Å². The van der Waals surface area contributed by atoms with Gasteiger partial charge in [-0.2, -0.15) is 0 Å². The van der Waals surface area contributed by atoms with E-state index in [4.69, 9.17) is 11.6 Å². The van der Waals surface area contributed by atoms with E-state index in [1.807, 2.05) is 0 Å². The lowest BCUT2D eigenvalue weighted by molar-refractivity contribution is 1.05. The molecule has 112 valence electrons. The average molecular weight is 366 g/mol. The van der Waals surface area contributed by atoms with Crippen LogP contribution >= 0.6 is 27.5 Å². The van der Waals surface area contributed by atoms with E-state index in [0.717, 1.165) is 16.1 Å². The van der Waals surface area contributed by atoms with E-state index in [-0.39, 0.29) is 4.83 Å². The zero-order valence-corrected chi connectivity index (χ0v) is 15.9. The normalized spacial score (nSPS) is 12.6. The Morgan fingerprint density at radius 1 is 0.810 bits per heavy atom. The summed E-state index contributed by atoms with van der Waals surface area (Å²) in [5.74, 6) is 0. The third-order valence-electron chi connectivity index (χ3n) is 4.81. The molecule has 2 aromatic carbocycles. The van der Waals surface area contributed by atoms with Crippen molar-refractivity contribution in [3.63, 3.8) is 0 Å². The van der Waals surface area contributed by atoms with Gasteiger partial charge in [0.25, 0.3) is 0 Å². The monoisotopic (exact) mass is 364 g/mol. The number of hydrogen-bond donors (Lipinski definition) is 0. The van der Waals surface area contributed by atoms with Crippen LogP contribution in [0.15, 0.2) is 18.2 Å². The number of aryl methyl sites for hydroxylation is 1. The van der Waals surface area contributed by atoms with Gasteiger partial charge in [-0.1, -0.05) is 45.7 Å². The van der Waals surface area contributed by atoms with E-state index < -0.39 is 0 Å². The number of benzene rings is 2. The molecule has 0 N–H and O–H groups in total. The highest BCUT2D eigenvalue weighted by Crippen LogP contribution is 2.41. The Labute approximate surface area is 141 Å². The summed E-state index contributed by atoms with van der Waals surface area (Å²) < 4.78 is 0. The highest BCUT2D eigenvalue weighted by Gasteiger charge is 2.21. The van der Waals surface area contributed by atoms with Crippen molar-refractivity contribution in [2.24, 2.45) is 0 Å². The third-order valence-corrected chi connectivity index (χ3v) is 6.27. The van der Waals surface area contributed by atoms with Gasteiger partial charge in [0.15, 0.2) is 0 Å². The number of halogens is 2. The molecule has 2 rings (SSSR count).